The maximum atomic E-state index is 12.6. The van der Waals surface area contributed by atoms with Gasteiger partial charge in [0.15, 0.2) is 23.9 Å². The first kappa shape index (κ1) is 20.2. The average Bonchev–Trinajstić information content (AvgIpc) is 3.27. The van der Waals surface area contributed by atoms with E-state index in [0.29, 0.717) is 34.3 Å². The lowest BCUT2D eigenvalue weighted by molar-refractivity contribution is 0.0474. The number of ether oxygens (including phenoxy) is 3. The van der Waals surface area contributed by atoms with E-state index < -0.39 is 5.97 Å². The SMILES string of the molecule is COc1ccc(C(=O)OCC(=O)c2cc(C)n(-c3cc(C)on3)c2C)cc1OC. The number of aryl methyl sites for hydroxylation is 2. The van der Waals surface area contributed by atoms with Gasteiger partial charge in [-0.2, -0.15) is 0 Å². The molecule has 1 aromatic carbocycles. The van der Waals surface area contributed by atoms with Crippen molar-refractivity contribution in [2.24, 2.45) is 0 Å². The van der Waals surface area contributed by atoms with Crippen LogP contribution in [0.4, 0.5) is 0 Å². The van der Waals surface area contributed by atoms with Crippen LogP contribution in [-0.4, -0.2) is 42.3 Å². The Labute approximate surface area is 168 Å². The molecule has 0 bridgehead atoms. The van der Waals surface area contributed by atoms with Crippen molar-refractivity contribution in [1.29, 1.82) is 0 Å². The third-order valence-corrected chi connectivity index (χ3v) is 4.53. The van der Waals surface area contributed by atoms with E-state index in [1.165, 1.54) is 20.3 Å². The molecule has 2 aromatic heterocycles. The van der Waals surface area contributed by atoms with Crippen LogP contribution in [0.1, 0.15) is 37.9 Å². The highest BCUT2D eigenvalue weighted by atomic mass is 16.5. The van der Waals surface area contributed by atoms with Gasteiger partial charge in [0.05, 0.1) is 19.8 Å². The normalized spacial score (nSPS) is 10.7. The van der Waals surface area contributed by atoms with E-state index >= 15 is 0 Å². The summed E-state index contributed by atoms with van der Waals surface area (Å²) in [4.78, 5) is 25.0. The summed E-state index contributed by atoms with van der Waals surface area (Å²) in [6.45, 7) is 5.09. The zero-order valence-corrected chi connectivity index (χ0v) is 16.9. The minimum Gasteiger partial charge on any atom is -0.493 e. The number of Topliss-reactive ketones (excluding diaryl/α,β-unsaturated/α-hetero) is 1. The summed E-state index contributed by atoms with van der Waals surface area (Å²) in [6, 6.07) is 8.18. The zero-order valence-electron chi connectivity index (χ0n) is 16.9. The molecule has 0 unspecified atom stereocenters. The van der Waals surface area contributed by atoms with Crippen molar-refractivity contribution in [1.82, 2.24) is 9.72 Å². The summed E-state index contributed by atoms with van der Waals surface area (Å²) < 4.78 is 22.5. The van der Waals surface area contributed by atoms with Crippen molar-refractivity contribution >= 4 is 11.8 Å². The van der Waals surface area contributed by atoms with E-state index in [1.54, 1.807) is 38.1 Å². The Bertz CT molecular complexity index is 1060. The van der Waals surface area contributed by atoms with Gasteiger partial charge in [-0.25, -0.2) is 4.79 Å². The molecular weight excluding hydrogens is 376 g/mol. The molecule has 0 spiro atoms. The number of methoxy groups -OCH3 is 2. The highest BCUT2D eigenvalue weighted by molar-refractivity contribution is 6.00. The Balaban J connectivity index is 1.74. The molecule has 3 rings (SSSR count). The molecule has 0 atom stereocenters. The predicted octanol–water partition coefficient (Wildman–Crippen LogP) is 3.45. The summed E-state index contributed by atoms with van der Waals surface area (Å²) in [6.07, 6.45) is 0. The quantitative estimate of drug-likeness (QED) is 0.444. The largest absolute Gasteiger partial charge is 0.493 e. The van der Waals surface area contributed by atoms with Crippen LogP contribution in [0.15, 0.2) is 34.9 Å². The van der Waals surface area contributed by atoms with Gasteiger partial charge in [-0.05, 0) is 45.0 Å². The second-order valence-electron chi connectivity index (χ2n) is 6.49. The topological polar surface area (TPSA) is 92.8 Å². The Hall–Kier alpha value is -3.55. The van der Waals surface area contributed by atoms with Crippen LogP contribution in [0.3, 0.4) is 0 Å². The predicted molar refractivity (Wildman–Crippen MR) is 104 cm³/mol. The molecule has 29 heavy (non-hydrogen) atoms. The second kappa shape index (κ2) is 8.22. The monoisotopic (exact) mass is 398 g/mol. The van der Waals surface area contributed by atoms with E-state index in [2.05, 4.69) is 5.16 Å². The standard InChI is InChI=1S/C21H22N2O6/c1-12-8-16(14(3)23(12)20-9-13(2)29-22-20)17(24)11-28-21(25)15-6-7-18(26-4)19(10-15)27-5/h6-10H,11H2,1-5H3. The molecule has 8 heteroatoms. The number of hydrogen-bond acceptors (Lipinski definition) is 7. The first-order valence-corrected chi connectivity index (χ1v) is 8.90. The van der Waals surface area contributed by atoms with Crippen LogP contribution in [0.5, 0.6) is 11.5 Å². The van der Waals surface area contributed by atoms with Gasteiger partial charge in [0.25, 0.3) is 0 Å². The maximum absolute atomic E-state index is 12.6. The highest BCUT2D eigenvalue weighted by Crippen LogP contribution is 2.28. The van der Waals surface area contributed by atoms with Gasteiger partial charge in [-0.15, -0.1) is 0 Å². The van der Waals surface area contributed by atoms with Gasteiger partial charge in [-0.1, -0.05) is 5.16 Å². The summed E-state index contributed by atoms with van der Waals surface area (Å²) in [7, 11) is 2.98. The molecule has 8 nitrogen and oxygen atoms in total. The van der Waals surface area contributed by atoms with Crippen LogP contribution < -0.4 is 9.47 Å². The van der Waals surface area contributed by atoms with Crippen LogP contribution in [0.25, 0.3) is 5.82 Å². The van der Waals surface area contributed by atoms with Crippen molar-refractivity contribution < 1.29 is 28.3 Å². The minimum atomic E-state index is -0.625. The van der Waals surface area contributed by atoms with E-state index in [4.69, 9.17) is 18.7 Å². The zero-order chi connectivity index (χ0) is 21.1. The van der Waals surface area contributed by atoms with Gasteiger partial charge in [0, 0.05) is 23.0 Å². The smallest absolute Gasteiger partial charge is 0.338 e. The van der Waals surface area contributed by atoms with Crippen molar-refractivity contribution in [2.45, 2.75) is 20.8 Å². The number of ketones is 1. The third-order valence-electron chi connectivity index (χ3n) is 4.53. The lowest BCUT2D eigenvalue weighted by atomic mass is 10.1. The summed E-state index contributed by atoms with van der Waals surface area (Å²) in [5, 5.41) is 3.99. The number of hydrogen-bond donors (Lipinski definition) is 0. The van der Waals surface area contributed by atoms with Crippen LogP contribution in [0.2, 0.25) is 0 Å². The van der Waals surface area contributed by atoms with Gasteiger partial charge < -0.3 is 18.7 Å². The number of carbonyl (C=O) groups excluding carboxylic acids is 2. The molecule has 152 valence electrons. The Kier molecular flexibility index (Phi) is 5.72. The molecule has 0 aliphatic rings. The number of nitrogens with zero attached hydrogens (tertiary/aromatic N) is 2. The van der Waals surface area contributed by atoms with Crippen molar-refractivity contribution in [3.05, 3.63) is 58.6 Å². The van der Waals surface area contributed by atoms with Gasteiger partial charge >= 0.3 is 5.97 Å². The summed E-state index contributed by atoms with van der Waals surface area (Å²) >= 11 is 0. The first-order valence-electron chi connectivity index (χ1n) is 8.90. The highest BCUT2D eigenvalue weighted by Gasteiger charge is 2.20. The van der Waals surface area contributed by atoms with E-state index in [1.807, 2.05) is 11.5 Å². The van der Waals surface area contributed by atoms with Gasteiger partial charge in [0.2, 0.25) is 5.78 Å². The fraction of sp³-hybridized carbons (Fsp3) is 0.286. The molecule has 0 saturated carbocycles. The van der Waals surface area contributed by atoms with Crippen molar-refractivity contribution in [3.8, 4) is 17.3 Å². The Morgan fingerprint density at radius 3 is 2.38 bits per heavy atom. The molecule has 0 radical (unpaired) electrons. The maximum Gasteiger partial charge on any atom is 0.338 e. The lowest BCUT2D eigenvalue weighted by Gasteiger charge is -2.09. The molecular formula is C21H22N2O6. The third kappa shape index (κ3) is 4.01. The summed E-state index contributed by atoms with van der Waals surface area (Å²) in [5.74, 6) is 1.23. The van der Waals surface area contributed by atoms with Gasteiger partial charge in [-0.3, -0.25) is 9.36 Å². The second-order valence-corrected chi connectivity index (χ2v) is 6.49. The number of esters is 1. The number of benzene rings is 1. The van der Waals surface area contributed by atoms with Crippen LogP contribution >= 0.6 is 0 Å². The number of rotatable bonds is 7. The van der Waals surface area contributed by atoms with E-state index in [9.17, 15) is 9.59 Å². The number of carbonyl (C=O) groups is 2. The Morgan fingerprint density at radius 2 is 1.76 bits per heavy atom. The van der Waals surface area contributed by atoms with Crippen molar-refractivity contribution in [2.75, 3.05) is 20.8 Å². The molecule has 0 saturated heterocycles. The van der Waals surface area contributed by atoms with Crippen LogP contribution in [0, 0.1) is 20.8 Å². The van der Waals surface area contributed by atoms with E-state index in [0.717, 1.165) is 5.69 Å². The fourth-order valence-electron chi connectivity index (χ4n) is 3.11. The summed E-state index contributed by atoms with van der Waals surface area (Å²) in [5.41, 5.74) is 2.25. The molecule has 0 aliphatic heterocycles. The minimum absolute atomic E-state index is 0.263. The molecule has 0 aliphatic carbocycles. The van der Waals surface area contributed by atoms with E-state index in [-0.39, 0.29) is 18.0 Å². The fourth-order valence-corrected chi connectivity index (χ4v) is 3.11. The molecule has 3 aromatic rings. The molecule has 2 heterocycles. The molecule has 0 N–H and O–H groups in total. The number of aromatic nitrogens is 2. The van der Waals surface area contributed by atoms with Gasteiger partial charge in [0.1, 0.15) is 5.76 Å². The Morgan fingerprint density at radius 1 is 1.03 bits per heavy atom. The molecule has 0 fully saturated rings. The average molecular weight is 398 g/mol. The first-order chi connectivity index (χ1) is 13.8. The van der Waals surface area contributed by atoms with Crippen LogP contribution in [-0.2, 0) is 4.74 Å². The molecule has 0 amide bonds. The van der Waals surface area contributed by atoms with Crippen molar-refractivity contribution in [3.63, 3.8) is 0 Å². The lowest BCUT2D eigenvalue weighted by Crippen LogP contribution is -2.15.